The van der Waals surface area contributed by atoms with E-state index in [1.807, 2.05) is 24.3 Å². The van der Waals surface area contributed by atoms with Gasteiger partial charge >= 0.3 is 17.9 Å². The number of carbonyl (C=O) groups excluding carboxylic acids is 1. The molecule has 2 aromatic rings. The van der Waals surface area contributed by atoms with Crippen LogP contribution >= 0.6 is 0 Å². The molecule has 0 bridgehead atoms. The smallest absolute Gasteiger partial charge is 0.336 e. The van der Waals surface area contributed by atoms with Crippen LogP contribution in [0.3, 0.4) is 0 Å². The average Bonchev–Trinajstić information content (AvgIpc) is 2.59. The van der Waals surface area contributed by atoms with E-state index in [1.165, 1.54) is 0 Å². The number of aliphatic hydroxyl groups is 1. The maximum absolute atomic E-state index is 11.4. The maximum atomic E-state index is 11.4. The van der Waals surface area contributed by atoms with Gasteiger partial charge in [-0.05, 0) is 29.3 Å². The predicted octanol–water partition coefficient (Wildman–Crippen LogP) is 0.870. The Kier molecular flexibility index (Phi) is 7.39. The van der Waals surface area contributed by atoms with Crippen molar-refractivity contribution in [3.05, 3.63) is 47.0 Å². The van der Waals surface area contributed by atoms with Gasteiger partial charge in [-0.15, -0.1) is 0 Å². The number of nitriles is 1. The van der Waals surface area contributed by atoms with Crippen LogP contribution in [0.1, 0.15) is 34.3 Å². The van der Waals surface area contributed by atoms with E-state index in [0.717, 1.165) is 10.8 Å². The highest BCUT2D eigenvalue weighted by molar-refractivity contribution is 6.08. The van der Waals surface area contributed by atoms with Gasteiger partial charge in [0, 0.05) is 0 Å². The van der Waals surface area contributed by atoms with E-state index in [2.05, 4.69) is 6.07 Å². The highest BCUT2D eigenvalue weighted by Gasteiger charge is 2.40. The standard InChI is InChI=1S/C13H10N2O.C6H8O7/c1-8-10(7-14)6-9-4-2-3-5-11(9)12(8)13(15)16;7-3(8)1-6(13,5(11)12)2-4(9)10/h2-6H,1H3,(H2,15,16);13H,1-2H2,(H,7,8)(H,9,10)(H,11,12). The third kappa shape index (κ3) is 5.75. The Balaban J connectivity index is 0.000000298. The third-order valence-electron chi connectivity index (χ3n) is 3.96. The molecule has 0 aromatic heterocycles. The molecule has 0 aliphatic carbocycles. The molecule has 6 N–H and O–H groups in total. The van der Waals surface area contributed by atoms with E-state index >= 15 is 0 Å². The SMILES string of the molecule is Cc1c(C#N)cc2ccccc2c1C(N)=O.O=C(O)CC(O)(CC(=O)O)C(=O)O. The largest absolute Gasteiger partial charge is 0.481 e. The Morgan fingerprint density at radius 2 is 1.59 bits per heavy atom. The number of carbonyl (C=O) groups is 4. The van der Waals surface area contributed by atoms with Crippen molar-refractivity contribution in [1.82, 2.24) is 0 Å². The van der Waals surface area contributed by atoms with Crippen molar-refractivity contribution in [2.75, 3.05) is 0 Å². The molecule has 0 spiro atoms. The monoisotopic (exact) mass is 402 g/mol. The fourth-order valence-corrected chi connectivity index (χ4v) is 2.60. The summed E-state index contributed by atoms with van der Waals surface area (Å²) in [6.45, 7) is 1.74. The van der Waals surface area contributed by atoms with Crippen LogP contribution in [0.5, 0.6) is 0 Å². The van der Waals surface area contributed by atoms with Crippen LogP contribution in [0.15, 0.2) is 30.3 Å². The van der Waals surface area contributed by atoms with E-state index in [-0.39, 0.29) is 0 Å². The van der Waals surface area contributed by atoms with Crippen molar-refractivity contribution in [3.8, 4) is 6.07 Å². The Hall–Kier alpha value is -3.97. The van der Waals surface area contributed by atoms with E-state index in [1.54, 1.807) is 13.0 Å². The van der Waals surface area contributed by atoms with Gasteiger partial charge in [0.05, 0.1) is 30.0 Å². The Labute approximate surface area is 164 Å². The average molecular weight is 402 g/mol. The number of aliphatic carboxylic acids is 3. The van der Waals surface area contributed by atoms with Gasteiger partial charge in [-0.1, -0.05) is 24.3 Å². The lowest BCUT2D eigenvalue weighted by atomic mass is 9.95. The summed E-state index contributed by atoms with van der Waals surface area (Å²) in [6, 6.07) is 11.3. The van der Waals surface area contributed by atoms with Crippen LogP contribution in [0.4, 0.5) is 0 Å². The Bertz CT molecular complexity index is 1010. The molecule has 2 rings (SSSR count). The molecule has 0 fully saturated rings. The van der Waals surface area contributed by atoms with Crippen LogP contribution in [-0.2, 0) is 14.4 Å². The summed E-state index contributed by atoms with van der Waals surface area (Å²) >= 11 is 0. The first-order valence-electron chi connectivity index (χ1n) is 8.04. The molecule has 10 heteroatoms. The summed E-state index contributed by atoms with van der Waals surface area (Å²) in [5, 5.41) is 44.5. The van der Waals surface area contributed by atoms with Crippen molar-refractivity contribution < 1.29 is 39.6 Å². The van der Waals surface area contributed by atoms with E-state index in [4.69, 9.17) is 31.4 Å². The molecule has 2 aromatic carbocycles. The lowest BCUT2D eigenvalue weighted by molar-refractivity contribution is -0.170. The van der Waals surface area contributed by atoms with Crippen LogP contribution in [0.2, 0.25) is 0 Å². The summed E-state index contributed by atoms with van der Waals surface area (Å²) in [5.74, 6) is -5.51. The zero-order chi connectivity index (χ0) is 22.4. The second-order valence-electron chi connectivity index (χ2n) is 6.10. The first kappa shape index (κ1) is 23.1. The van der Waals surface area contributed by atoms with Crippen LogP contribution in [0.25, 0.3) is 10.8 Å². The molecule has 0 saturated carbocycles. The zero-order valence-electron chi connectivity index (χ0n) is 15.2. The fourth-order valence-electron chi connectivity index (χ4n) is 2.60. The number of primary amides is 1. The fraction of sp³-hybridized carbons (Fsp3) is 0.211. The third-order valence-corrected chi connectivity index (χ3v) is 3.96. The van der Waals surface area contributed by atoms with Crippen LogP contribution in [-0.4, -0.2) is 49.8 Å². The van der Waals surface area contributed by atoms with Gasteiger partial charge in [0.1, 0.15) is 0 Å². The lowest BCUT2D eigenvalue weighted by Crippen LogP contribution is -2.42. The van der Waals surface area contributed by atoms with Crippen molar-refractivity contribution in [2.45, 2.75) is 25.4 Å². The normalized spacial score (nSPS) is 10.4. The van der Waals surface area contributed by atoms with Crippen LogP contribution in [0, 0.1) is 18.3 Å². The number of benzene rings is 2. The number of hydrogen-bond donors (Lipinski definition) is 5. The zero-order valence-corrected chi connectivity index (χ0v) is 15.2. The molecule has 152 valence electrons. The summed E-state index contributed by atoms with van der Waals surface area (Å²) in [7, 11) is 0. The molecule has 10 nitrogen and oxygen atoms in total. The van der Waals surface area contributed by atoms with Gasteiger partial charge in [-0.2, -0.15) is 5.26 Å². The molecule has 0 atom stereocenters. The van der Waals surface area contributed by atoms with E-state index in [9.17, 15) is 19.2 Å². The lowest BCUT2D eigenvalue weighted by Gasteiger charge is -2.18. The highest BCUT2D eigenvalue weighted by Crippen LogP contribution is 2.24. The molecular formula is C19H18N2O8. The predicted molar refractivity (Wildman–Crippen MR) is 99.0 cm³/mol. The van der Waals surface area contributed by atoms with Crippen molar-refractivity contribution in [3.63, 3.8) is 0 Å². The molecule has 29 heavy (non-hydrogen) atoms. The number of carboxylic acid groups (broad SMARTS) is 3. The molecule has 1 amide bonds. The Morgan fingerprint density at radius 3 is 2.00 bits per heavy atom. The van der Waals surface area contributed by atoms with Gasteiger partial charge in [0.15, 0.2) is 5.60 Å². The molecule has 0 unspecified atom stereocenters. The second kappa shape index (κ2) is 9.29. The minimum absolute atomic E-state index is 0.439. The van der Waals surface area contributed by atoms with Crippen molar-refractivity contribution >= 4 is 34.6 Å². The number of amides is 1. The number of fused-ring (bicyclic) bond motifs is 1. The van der Waals surface area contributed by atoms with E-state index < -0.39 is 42.3 Å². The first-order chi connectivity index (χ1) is 13.4. The molecule has 0 radical (unpaired) electrons. The van der Waals surface area contributed by atoms with Gasteiger partial charge in [-0.3, -0.25) is 14.4 Å². The van der Waals surface area contributed by atoms with Gasteiger partial charge in [0.25, 0.3) is 0 Å². The molecule has 0 heterocycles. The second-order valence-corrected chi connectivity index (χ2v) is 6.10. The number of nitrogens with zero attached hydrogens (tertiary/aromatic N) is 1. The quantitative estimate of drug-likeness (QED) is 0.465. The number of nitrogens with two attached hydrogens (primary N) is 1. The molecular weight excluding hydrogens is 384 g/mol. The molecule has 0 aliphatic heterocycles. The van der Waals surface area contributed by atoms with Gasteiger partial charge < -0.3 is 26.2 Å². The highest BCUT2D eigenvalue weighted by atomic mass is 16.4. The number of carboxylic acids is 3. The van der Waals surface area contributed by atoms with Crippen LogP contribution < -0.4 is 5.73 Å². The topological polar surface area (TPSA) is 199 Å². The summed E-state index contributed by atoms with van der Waals surface area (Å²) in [5.41, 5.74) is 4.20. The minimum atomic E-state index is -2.74. The molecule has 0 saturated heterocycles. The summed E-state index contributed by atoms with van der Waals surface area (Å²) in [4.78, 5) is 41.9. The first-order valence-corrected chi connectivity index (χ1v) is 8.04. The number of hydrogen-bond acceptors (Lipinski definition) is 6. The van der Waals surface area contributed by atoms with Crippen molar-refractivity contribution in [1.29, 1.82) is 5.26 Å². The Morgan fingerprint density at radius 1 is 1.07 bits per heavy atom. The molecule has 0 aliphatic rings. The minimum Gasteiger partial charge on any atom is -0.481 e. The number of rotatable bonds is 6. The van der Waals surface area contributed by atoms with Gasteiger partial charge in [-0.25, -0.2) is 4.79 Å². The van der Waals surface area contributed by atoms with E-state index in [0.29, 0.717) is 16.7 Å². The van der Waals surface area contributed by atoms with Crippen molar-refractivity contribution in [2.24, 2.45) is 5.73 Å². The van der Waals surface area contributed by atoms with Gasteiger partial charge in [0.2, 0.25) is 5.91 Å². The summed E-state index contributed by atoms with van der Waals surface area (Å²) < 4.78 is 0. The maximum Gasteiger partial charge on any atom is 0.336 e. The summed E-state index contributed by atoms with van der Waals surface area (Å²) in [6.07, 6.45) is -2.29.